The molecule has 1 amide bonds. The third kappa shape index (κ3) is 4.42. The van der Waals surface area contributed by atoms with E-state index in [0.29, 0.717) is 21.6 Å². The number of nitrogens with zero attached hydrogens (tertiary/aromatic N) is 3. The van der Waals surface area contributed by atoms with Crippen LogP contribution >= 0.6 is 34.4 Å². The maximum absolute atomic E-state index is 13.8. The fraction of sp³-hybridized carbons (Fsp3) is 0.308. The predicted molar refractivity (Wildman–Crippen MR) is 144 cm³/mol. The molecule has 6 nitrogen and oxygen atoms in total. The second-order valence-electron chi connectivity index (χ2n) is 8.84. The number of hydrogen-bond donors (Lipinski definition) is 1. The number of aromatic nitrogens is 2. The predicted octanol–water partition coefficient (Wildman–Crippen LogP) is 5.85. The largest absolute Gasteiger partial charge is 0.316 e. The summed E-state index contributed by atoms with van der Waals surface area (Å²) >= 11 is 4.25. The first-order valence-corrected chi connectivity index (χ1v) is 14.0. The highest BCUT2D eigenvalue weighted by molar-refractivity contribution is 7.99. The summed E-state index contributed by atoms with van der Waals surface area (Å²) < 4.78 is 1.63. The van der Waals surface area contributed by atoms with Gasteiger partial charge in [0.2, 0.25) is 5.91 Å². The number of aryl methyl sites for hydroxylation is 2. The third-order valence-corrected chi connectivity index (χ3v) is 9.60. The lowest BCUT2D eigenvalue weighted by molar-refractivity contribution is -0.113. The van der Waals surface area contributed by atoms with Gasteiger partial charge in [0.15, 0.2) is 5.16 Å². The van der Waals surface area contributed by atoms with E-state index in [1.54, 1.807) is 15.9 Å². The van der Waals surface area contributed by atoms with Gasteiger partial charge in [-0.3, -0.25) is 14.2 Å². The van der Waals surface area contributed by atoms with Gasteiger partial charge in [-0.15, -0.1) is 22.7 Å². The van der Waals surface area contributed by atoms with E-state index in [1.165, 1.54) is 28.0 Å². The number of thiophene rings is 2. The summed E-state index contributed by atoms with van der Waals surface area (Å²) in [5.74, 6) is 0.446. The molecule has 3 aromatic heterocycles. The molecule has 35 heavy (non-hydrogen) atoms. The van der Waals surface area contributed by atoms with Gasteiger partial charge in [-0.1, -0.05) is 36.9 Å². The number of anilines is 1. The molecule has 1 N–H and O–H groups in total. The van der Waals surface area contributed by atoms with E-state index in [1.807, 2.05) is 44.2 Å². The number of nitriles is 1. The number of benzene rings is 1. The highest BCUT2D eigenvalue weighted by Crippen LogP contribution is 2.37. The summed E-state index contributed by atoms with van der Waals surface area (Å²) in [6.07, 6.45) is 2.96. The molecule has 0 aliphatic heterocycles. The first-order chi connectivity index (χ1) is 16.9. The molecule has 3 heterocycles. The second kappa shape index (κ2) is 9.61. The van der Waals surface area contributed by atoms with Gasteiger partial charge in [-0.25, -0.2) is 4.98 Å². The standard InChI is InChI=1S/C26H24N4O2S3/c1-14-9-10-18-20(11-14)35-24-22(18)25(32)30(17-7-5-4-6-8-17)26(29-24)33-13-21(31)28-23-19(12-27)15(2)16(3)34-23/h4-8,14H,9-11,13H2,1-3H3,(H,28,31). The molecule has 1 aliphatic rings. The van der Waals surface area contributed by atoms with Crippen molar-refractivity contribution in [1.29, 1.82) is 5.26 Å². The van der Waals surface area contributed by atoms with Crippen LogP contribution in [0.15, 0.2) is 40.3 Å². The Kier molecular flexibility index (Phi) is 6.53. The minimum absolute atomic E-state index is 0.0764. The lowest BCUT2D eigenvalue weighted by atomic mass is 9.89. The summed E-state index contributed by atoms with van der Waals surface area (Å²) in [7, 11) is 0. The SMILES string of the molecule is Cc1sc(NC(=O)CSc2nc3sc4c(c3c(=O)n2-c2ccccc2)CCC(C)C4)c(C#N)c1C. The maximum atomic E-state index is 13.8. The van der Waals surface area contributed by atoms with Crippen LogP contribution in [0.5, 0.6) is 0 Å². The van der Waals surface area contributed by atoms with Crippen LogP contribution in [0, 0.1) is 31.1 Å². The Balaban J connectivity index is 1.51. The summed E-state index contributed by atoms with van der Waals surface area (Å²) in [5, 5.41) is 14.1. The molecule has 1 aromatic carbocycles. The summed E-state index contributed by atoms with van der Waals surface area (Å²) in [5.41, 5.74) is 3.20. The highest BCUT2D eigenvalue weighted by atomic mass is 32.2. The molecular formula is C26H24N4O2S3. The van der Waals surface area contributed by atoms with Crippen molar-refractivity contribution >= 4 is 55.6 Å². The minimum Gasteiger partial charge on any atom is -0.316 e. The van der Waals surface area contributed by atoms with Crippen molar-refractivity contribution in [2.45, 2.75) is 45.2 Å². The van der Waals surface area contributed by atoms with Gasteiger partial charge >= 0.3 is 0 Å². The number of rotatable bonds is 5. The Bertz CT molecular complexity index is 1540. The van der Waals surface area contributed by atoms with Gasteiger partial charge in [-0.05, 0) is 62.3 Å². The van der Waals surface area contributed by atoms with Crippen LogP contribution in [0.25, 0.3) is 15.9 Å². The maximum Gasteiger partial charge on any atom is 0.267 e. The summed E-state index contributed by atoms with van der Waals surface area (Å²) in [6.45, 7) is 6.06. The molecule has 178 valence electrons. The topological polar surface area (TPSA) is 87.8 Å². The molecule has 0 fully saturated rings. The van der Waals surface area contributed by atoms with Gasteiger partial charge in [0, 0.05) is 9.75 Å². The van der Waals surface area contributed by atoms with Crippen LogP contribution in [0.1, 0.15) is 39.8 Å². The molecule has 0 radical (unpaired) electrons. The van der Waals surface area contributed by atoms with Gasteiger partial charge in [-0.2, -0.15) is 5.26 Å². The van der Waals surface area contributed by atoms with E-state index in [4.69, 9.17) is 4.98 Å². The molecule has 0 bridgehead atoms. The lowest BCUT2D eigenvalue weighted by Crippen LogP contribution is -2.23. The summed E-state index contributed by atoms with van der Waals surface area (Å²) in [4.78, 5) is 34.5. The van der Waals surface area contributed by atoms with Crippen molar-refractivity contribution in [2.75, 3.05) is 11.1 Å². The molecular weight excluding hydrogens is 497 g/mol. The molecule has 1 atom stereocenters. The number of nitrogens with one attached hydrogen (secondary N) is 1. The normalized spacial score (nSPS) is 15.1. The smallest absolute Gasteiger partial charge is 0.267 e. The van der Waals surface area contributed by atoms with Crippen molar-refractivity contribution in [3.63, 3.8) is 0 Å². The molecule has 1 aliphatic carbocycles. The van der Waals surface area contributed by atoms with Crippen molar-refractivity contribution in [1.82, 2.24) is 9.55 Å². The fourth-order valence-corrected chi connectivity index (χ4v) is 7.68. The van der Waals surface area contributed by atoms with Crippen LogP contribution in [0.2, 0.25) is 0 Å². The van der Waals surface area contributed by atoms with Crippen LogP contribution in [0.3, 0.4) is 0 Å². The van der Waals surface area contributed by atoms with Crippen LogP contribution in [0.4, 0.5) is 5.00 Å². The lowest BCUT2D eigenvalue weighted by Gasteiger charge is -2.17. The molecule has 0 spiro atoms. The molecule has 0 saturated heterocycles. The number of carbonyl (C=O) groups excluding carboxylic acids is 1. The van der Waals surface area contributed by atoms with E-state index in [-0.39, 0.29) is 17.2 Å². The first kappa shape index (κ1) is 23.8. The van der Waals surface area contributed by atoms with Crippen LogP contribution in [-0.2, 0) is 17.6 Å². The van der Waals surface area contributed by atoms with Gasteiger partial charge in [0.05, 0.1) is 22.4 Å². The Morgan fingerprint density at radius 1 is 1.29 bits per heavy atom. The zero-order chi connectivity index (χ0) is 24.7. The minimum atomic E-state index is -0.235. The summed E-state index contributed by atoms with van der Waals surface area (Å²) in [6, 6.07) is 11.6. The highest BCUT2D eigenvalue weighted by Gasteiger charge is 2.25. The fourth-order valence-electron chi connectivity index (χ4n) is 4.42. The Morgan fingerprint density at radius 3 is 2.80 bits per heavy atom. The van der Waals surface area contributed by atoms with Crippen LogP contribution in [-0.4, -0.2) is 21.2 Å². The number of carbonyl (C=O) groups is 1. The molecule has 1 unspecified atom stereocenters. The van der Waals surface area contributed by atoms with Crippen molar-refractivity contribution in [2.24, 2.45) is 5.92 Å². The van der Waals surface area contributed by atoms with E-state index in [0.717, 1.165) is 51.2 Å². The number of hydrogen-bond acceptors (Lipinski definition) is 7. The van der Waals surface area contributed by atoms with Gasteiger partial charge in [0.25, 0.3) is 5.56 Å². The second-order valence-corrected chi connectivity index (χ2v) is 12.1. The van der Waals surface area contributed by atoms with E-state index < -0.39 is 0 Å². The zero-order valence-corrected chi connectivity index (χ0v) is 22.1. The number of amides is 1. The molecule has 5 rings (SSSR count). The van der Waals surface area contributed by atoms with Crippen molar-refractivity contribution in [3.05, 3.63) is 67.1 Å². The van der Waals surface area contributed by atoms with E-state index >= 15 is 0 Å². The number of thioether (sulfide) groups is 1. The average molecular weight is 521 g/mol. The van der Waals surface area contributed by atoms with Crippen molar-refractivity contribution in [3.8, 4) is 11.8 Å². The Morgan fingerprint density at radius 2 is 2.06 bits per heavy atom. The van der Waals surface area contributed by atoms with E-state index in [2.05, 4.69) is 18.3 Å². The average Bonchev–Trinajstić information content (AvgIpc) is 3.33. The third-order valence-electron chi connectivity index (χ3n) is 6.40. The molecule has 4 aromatic rings. The van der Waals surface area contributed by atoms with Gasteiger partial charge in [0.1, 0.15) is 15.9 Å². The number of fused-ring (bicyclic) bond motifs is 3. The quantitative estimate of drug-likeness (QED) is 0.263. The molecule has 9 heteroatoms. The number of para-hydroxylation sites is 1. The zero-order valence-electron chi connectivity index (χ0n) is 19.7. The van der Waals surface area contributed by atoms with E-state index in [9.17, 15) is 14.9 Å². The van der Waals surface area contributed by atoms with Crippen molar-refractivity contribution < 1.29 is 4.79 Å². The molecule has 0 saturated carbocycles. The monoisotopic (exact) mass is 520 g/mol. The Hall–Kier alpha value is -2.93. The Labute approximate surface area is 215 Å². The van der Waals surface area contributed by atoms with Crippen LogP contribution < -0.4 is 10.9 Å². The van der Waals surface area contributed by atoms with Gasteiger partial charge < -0.3 is 5.32 Å². The first-order valence-electron chi connectivity index (χ1n) is 11.4.